The lowest BCUT2D eigenvalue weighted by atomic mass is 10.1. The zero-order chi connectivity index (χ0) is 10.1. The van der Waals surface area contributed by atoms with Crippen molar-refractivity contribution in [2.45, 2.75) is 12.6 Å². The standard InChI is InChI=1S/C11H14N2O2/c1-2-10-11(15-7-14-10)3-8(1)4-13-9-5-12-6-9/h1-3,9,12-13H,4-7H2. The van der Waals surface area contributed by atoms with E-state index in [1.807, 2.05) is 12.1 Å². The normalized spacial score (nSPS) is 18.9. The molecule has 0 aromatic heterocycles. The van der Waals surface area contributed by atoms with Gasteiger partial charge in [-0.1, -0.05) is 6.07 Å². The molecule has 2 aliphatic heterocycles. The second-order valence-corrected chi connectivity index (χ2v) is 3.92. The van der Waals surface area contributed by atoms with Gasteiger partial charge in [0.1, 0.15) is 0 Å². The van der Waals surface area contributed by atoms with E-state index in [4.69, 9.17) is 9.47 Å². The summed E-state index contributed by atoms with van der Waals surface area (Å²) >= 11 is 0. The number of hydrogen-bond donors (Lipinski definition) is 2. The maximum atomic E-state index is 5.32. The Morgan fingerprint density at radius 2 is 2.13 bits per heavy atom. The second kappa shape index (κ2) is 3.72. The van der Waals surface area contributed by atoms with Crippen LogP contribution in [0.4, 0.5) is 0 Å². The number of fused-ring (bicyclic) bond motifs is 1. The molecule has 0 bridgehead atoms. The highest BCUT2D eigenvalue weighted by Crippen LogP contribution is 2.32. The molecule has 3 rings (SSSR count). The van der Waals surface area contributed by atoms with Gasteiger partial charge in [0.2, 0.25) is 6.79 Å². The molecular weight excluding hydrogens is 192 g/mol. The van der Waals surface area contributed by atoms with Gasteiger partial charge in [-0.2, -0.15) is 0 Å². The summed E-state index contributed by atoms with van der Waals surface area (Å²) in [5, 5.41) is 6.70. The largest absolute Gasteiger partial charge is 0.454 e. The topological polar surface area (TPSA) is 42.5 Å². The summed E-state index contributed by atoms with van der Waals surface area (Å²) in [6.07, 6.45) is 0. The van der Waals surface area contributed by atoms with E-state index in [1.54, 1.807) is 0 Å². The van der Waals surface area contributed by atoms with E-state index in [9.17, 15) is 0 Å². The van der Waals surface area contributed by atoms with Gasteiger partial charge in [-0.15, -0.1) is 0 Å². The fraction of sp³-hybridized carbons (Fsp3) is 0.455. The molecule has 0 spiro atoms. The monoisotopic (exact) mass is 206 g/mol. The van der Waals surface area contributed by atoms with Crippen LogP contribution in [-0.4, -0.2) is 25.9 Å². The van der Waals surface area contributed by atoms with E-state index in [2.05, 4.69) is 16.7 Å². The molecular formula is C11H14N2O2. The molecule has 1 fully saturated rings. The lowest BCUT2D eigenvalue weighted by Crippen LogP contribution is -2.54. The van der Waals surface area contributed by atoms with Gasteiger partial charge in [-0.05, 0) is 17.7 Å². The average Bonchev–Trinajstić information content (AvgIpc) is 2.62. The van der Waals surface area contributed by atoms with Gasteiger partial charge in [0.05, 0.1) is 0 Å². The smallest absolute Gasteiger partial charge is 0.231 e. The molecule has 0 unspecified atom stereocenters. The second-order valence-electron chi connectivity index (χ2n) is 3.92. The summed E-state index contributed by atoms with van der Waals surface area (Å²) in [5.74, 6) is 1.71. The first-order valence-corrected chi connectivity index (χ1v) is 5.24. The number of ether oxygens (including phenoxy) is 2. The Labute approximate surface area is 88.6 Å². The first kappa shape index (κ1) is 9.00. The zero-order valence-electron chi connectivity index (χ0n) is 8.45. The van der Waals surface area contributed by atoms with Gasteiger partial charge in [0.25, 0.3) is 0 Å². The van der Waals surface area contributed by atoms with Gasteiger partial charge >= 0.3 is 0 Å². The van der Waals surface area contributed by atoms with Crippen LogP contribution in [-0.2, 0) is 6.54 Å². The van der Waals surface area contributed by atoms with Gasteiger partial charge < -0.3 is 20.1 Å². The molecule has 4 nitrogen and oxygen atoms in total. The van der Waals surface area contributed by atoms with Crippen molar-refractivity contribution in [3.63, 3.8) is 0 Å². The molecule has 0 amide bonds. The summed E-state index contributed by atoms with van der Waals surface area (Å²) in [6, 6.07) is 6.71. The van der Waals surface area contributed by atoms with E-state index in [0.717, 1.165) is 31.1 Å². The molecule has 2 aliphatic rings. The molecule has 1 aromatic carbocycles. The minimum Gasteiger partial charge on any atom is -0.454 e. The Morgan fingerprint density at radius 1 is 1.27 bits per heavy atom. The lowest BCUT2D eigenvalue weighted by molar-refractivity contribution is 0.174. The highest BCUT2D eigenvalue weighted by molar-refractivity contribution is 5.44. The zero-order valence-corrected chi connectivity index (χ0v) is 8.45. The molecule has 2 N–H and O–H groups in total. The van der Waals surface area contributed by atoms with Gasteiger partial charge in [-0.25, -0.2) is 0 Å². The van der Waals surface area contributed by atoms with Crippen LogP contribution in [0, 0.1) is 0 Å². The number of rotatable bonds is 3. The molecule has 15 heavy (non-hydrogen) atoms. The molecule has 0 atom stereocenters. The van der Waals surface area contributed by atoms with Crippen molar-refractivity contribution in [2.75, 3.05) is 19.9 Å². The van der Waals surface area contributed by atoms with Crippen LogP contribution < -0.4 is 20.1 Å². The van der Waals surface area contributed by atoms with Crippen molar-refractivity contribution in [1.82, 2.24) is 10.6 Å². The highest BCUT2D eigenvalue weighted by Gasteiger charge is 2.16. The summed E-state index contributed by atoms with van der Waals surface area (Å²) < 4.78 is 10.6. The number of hydrogen-bond acceptors (Lipinski definition) is 4. The number of nitrogens with one attached hydrogen (secondary N) is 2. The summed E-state index contributed by atoms with van der Waals surface area (Å²) in [7, 11) is 0. The van der Waals surface area contributed by atoms with Crippen molar-refractivity contribution in [3.05, 3.63) is 23.8 Å². The Balaban J connectivity index is 1.64. The Kier molecular flexibility index (Phi) is 2.23. The predicted molar refractivity (Wildman–Crippen MR) is 56.1 cm³/mol. The van der Waals surface area contributed by atoms with Crippen LogP contribution in [0.3, 0.4) is 0 Å². The predicted octanol–water partition coefficient (Wildman–Crippen LogP) is 0.477. The first-order valence-electron chi connectivity index (χ1n) is 5.24. The first-order chi connectivity index (χ1) is 7.42. The van der Waals surface area contributed by atoms with E-state index in [-0.39, 0.29) is 0 Å². The van der Waals surface area contributed by atoms with Crippen LogP contribution in [0.5, 0.6) is 11.5 Å². The summed E-state index contributed by atoms with van der Waals surface area (Å²) in [4.78, 5) is 0. The lowest BCUT2D eigenvalue weighted by Gasteiger charge is -2.28. The summed E-state index contributed by atoms with van der Waals surface area (Å²) in [6.45, 7) is 3.39. The van der Waals surface area contributed by atoms with E-state index in [0.29, 0.717) is 12.8 Å². The van der Waals surface area contributed by atoms with Crippen molar-refractivity contribution in [2.24, 2.45) is 0 Å². The van der Waals surface area contributed by atoms with E-state index < -0.39 is 0 Å². The maximum Gasteiger partial charge on any atom is 0.231 e. The van der Waals surface area contributed by atoms with Crippen LogP contribution in [0.25, 0.3) is 0 Å². The minimum atomic E-state index is 0.346. The molecule has 0 aliphatic carbocycles. The molecule has 2 heterocycles. The van der Waals surface area contributed by atoms with E-state index in [1.165, 1.54) is 5.56 Å². The van der Waals surface area contributed by atoms with Crippen LogP contribution >= 0.6 is 0 Å². The van der Waals surface area contributed by atoms with Crippen LogP contribution in [0.1, 0.15) is 5.56 Å². The van der Waals surface area contributed by atoms with Crippen molar-refractivity contribution >= 4 is 0 Å². The molecule has 1 saturated heterocycles. The highest BCUT2D eigenvalue weighted by atomic mass is 16.7. The van der Waals surface area contributed by atoms with E-state index >= 15 is 0 Å². The third-order valence-electron chi connectivity index (χ3n) is 2.81. The van der Waals surface area contributed by atoms with Gasteiger partial charge in [0, 0.05) is 25.7 Å². The van der Waals surface area contributed by atoms with Crippen LogP contribution in [0.2, 0.25) is 0 Å². The third kappa shape index (κ3) is 1.78. The summed E-state index contributed by atoms with van der Waals surface area (Å²) in [5.41, 5.74) is 1.24. The minimum absolute atomic E-state index is 0.346. The van der Waals surface area contributed by atoms with Crippen molar-refractivity contribution < 1.29 is 9.47 Å². The van der Waals surface area contributed by atoms with Crippen molar-refractivity contribution in [3.8, 4) is 11.5 Å². The molecule has 4 heteroatoms. The fourth-order valence-corrected chi connectivity index (χ4v) is 1.75. The quantitative estimate of drug-likeness (QED) is 0.754. The Bertz CT molecular complexity index is 364. The third-order valence-corrected chi connectivity index (χ3v) is 2.81. The molecule has 0 radical (unpaired) electrons. The molecule has 1 aromatic rings. The van der Waals surface area contributed by atoms with Gasteiger partial charge in [-0.3, -0.25) is 0 Å². The Morgan fingerprint density at radius 3 is 2.93 bits per heavy atom. The maximum absolute atomic E-state index is 5.32. The fourth-order valence-electron chi connectivity index (χ4n) is 1.75. The molecule has 0 saturated carbocycles. The number of benzene rings is 1. The average molecular weight is 206 g/mol. The molecule has 80 valence electrons. The van der Waals surface area contributed by atoms with Crippen molar-refractivity contribution in [1.29, 1.82) is 0 Å². The van der Waals surface area contributed by atoms with Gasteiger partial charge in [0.15, 0.2) is 11.5 Å². The SMILES string of the molecule is c1cc2c(cc1CNC1CNC1)OCO2. The Hall–Kier alpha value is -1.26. The van der Waals surface area contributed by atoms with Crippen LogP contribution in [0.15, 0.2) is 18.2 Å².